The number of fused-ring (bicyclic) bond motifs is 1. The number of hydrogen-bond donors (Lipinski definition) is 1. The predicted molar refractivity (Wildman–Crippen MR) is 113 cm³/mol. The van der Waals surface area contributed by atoms with Gasteiger partial charge in [0, 0.05) is 6.20 Å². The summed E-state index contributed by atoms with van der Waals surface area (Å²) in [5, 5.41) is 7.08. The first-order chi connectivity index (χ1) is 14.6. The van der Waals surface area contributed by atoms with Crippen molar-refractivity contribution < 1.29 is 14.3 Å². The van der Waals surface area contributed by atoms with E-state index in [1.54, 1.807) is 10.9 Å². The van der Waals surface area contributed by atoms with E-state index < -0.39 is 5.97 Å². The molecule has 1 aliphatic carbocycles. The van der Waals surface area contributed by atoms with Gasteiger partial charge in [0.05, 0.1) is 23.5 Å². The number of esters is 1. The van der Waals surface area contributed by atoms with E-state index in [0.29, 0.717) is 5.56 Å². The molecule has 0 radical (unpaired) electrons. The van der Waals surface area contributed by atoms with Crippen molar-refractivity contribution in [1.29, 1.82) is 0 Å². The summed E-state index contributed by atoms with van der Waals surface area (Å²) in [5.74, 6) is -0.905. The Hall–Kier alpha value is -3.41. The quantitative estimate of drug-likeness (QED) is 0.636. The lowest BCUT2D eigenvalue weighted by atomic mass is 9.89. The number of amides is 1. The fraction of sp³-hybridized carbons (Fsp3) is 0.292. The monoisotopic (exact) mass is 403 g/mol. The van der Waals surface area contributed by atoms with Gasteiger partial charge in [0.2, 0.25) is 0 Å². The molecule has 1 aliphatic rings. The van der Waals surface area contributed by atoms with Crippen molar-refractivity contribution in [2.75, 3.05) is 6.61 Å². The van der Waals surface area contributed by atoms with Crippen LogP contribution in [0, 0.1) is 0 Å². The molecule has 4 rings (SSSR count). The normalized spacial score (nSPS) is 13.9. The Bertz CT molecular complexity index is 1040. The lowest BCUT2D eigenvalue weighted by Gasteiger charge is -2.20. The zero-order valence-electron chi connectivity index (χ0n) is 17.0. The van der Waals surface area contributed by atoms with Crippen molar-refractivity contribution in [2.24, 2.45) is 0 Å². The zero-order chi connectivity index (χ0) is 20.9. The van der Waals surface area contributed by atoms with Crippen LogP contribution in [0.3, 0.4) is 0 Å². The Morgan fingerprint density at radius 3 is 2.67 bits per heavy atom. The van der Waals surface area contributed by atoms with Gasteiger partial charge >= 0.3 is 5.97 Å². The number of hydrogen-bond acceptors (Lipinski definition) is 4. The highest BCUT2D eigenvalue weighted by Crippen LogP contribution is 2.24. The number of para-hydroxylation sites is 1. The maximum atomic E-state index is 12.3. The number of ether oxygens (including phenoxy) is 1. The second kappa shape index (κ2) is 8.95. The first kappa shape index (κ1) is 19.9. The van der Waals surface area contributed by atoms with Crippen molar-refractivity contribution in [3.63, 3.8) is 0 Å². The minimum absolute atomic E-state index is 0.149. The average Bonchev–Trinajstić information content (AvgIpc) is 3.28. The molecule has 0 fully saturated rings. The Morgan fingerprint density at radius 2 is 1.87 bits per heavy atom. The van der Waals surface area contributed by atoms with Gasteiger partial charge < -0.3 is 10.1 Å². The number of carbonyl (C=O) groups excluding carboxylic acids is 2. The molecule has 6 nitrogen and oxygen atoms in total. The van der Waals surface area contributed by atoms with Crippen molar-refractivity contribution in [2.45, 2.75) is 38.6 Å². The first-order valence-electron chi connectivity index (χ1n) is 10.3. The third-order valence-corrected chi connectivity index (χ3v) is 5.42. The molecular weight excluding hydrogens is 378 g/mol. The van der Waals surface area contributed by atoms with Crippen LogP contribution in [0.4, 0.5) is 0 Å². The third-order valence-electron chi connectivity index (χ3n) is 5.42. The molecule has 1 amide bonds. The van der Waals surface area contributed by atoms with Gasteiger partial charge in [0.25, 0.3) is 5.91 Å². The Balaban J connectivity index is 1.30. The van der Waals surface area contributed by atoms with Crippen LogP contribution < -0.4 is 5.32 Å². The van der Waals surface area contributed by atoms with E-state index in [0.717, 1.165) is 24.1 Å². The highest BCUT2D eigenvalue weighted by molar-refractivity contribution is 5.91. The van der Waals surface area contributed by atoms with Gasteiger partial charge in [0.1, 0.15) is 0 Å². The largest absolute Gasteiger partial charge is 0.452 e. The van der Waals surface area contributed by atoms with E-state index in [9.17, 15) is 9.59 Å². The number of aromatic nitrogens is 2. The minimum atomic E-state index is -0.575. The highest BCUT2D eigenvalue weighted by Gasteiger charge is 2.16. The van der Waals surface area contributed by atoms with Crippen LogP contribution >= 0.6 is 0 Å². The second-order valence-electron chi connectivity index (χ2n) is 7.61. The van der Waals surface area contributed by atoms with Crippen LogP contribution in [0.25, 0.3) is 5.69 Å². The fourth-order valence-corrected chi connectivity index (χ4v) is 3.75. The van der Waals surface area contributed by atoms with Crippen LogP contribution in [-0.4, -0.2) is 28.3 Å². The average molecular weight is 403 g/mol. The molecule has 6 heteroatoms. The van der Waals surface area contributed by atoms with Crippen molar-refractivity contribution in [3.8, 4) is 5.69 Å². The summed E-state index contributed by atoms with van der Waals surface area (Å²) in [4.78, 5) is 24.5. The minimum Gasteiger partial charge on any atom is -0.452 e. The fourth-order valence-electron chi connectivity index (χ4n) is 3.75. The van der Waals surface area contributed by atoms with Gasteiger partial charge in [-0.25, -0.2) is 9.48 Å². The van der Waals surface area contributed by atoms with Crippen LogP contribution in [0.1, 0.15) is 52.9 Å². The summed E-state index contributed by atoms with van der Waals surface area (Å²) in [5.41, 5.74) is 5.00. The van der Waals surface area contributed by atoms with Crippen LogP contribution in [0.5, 0.6) is 0 Å². The SMILES string of the molecule is C[C@H](NC(=O)COC(=O)c1cnn(-c2ccccc2)c1)c1ccc2c(c1)CCCC2. The van der Waals surface area contributed by atoms with E-state index in [4.69, 9.17) is 4.74 Å². The van der Waals surface area contributed by atoms with E-state index in [1.807, 2.05) is 37.3 Å². The van der Waals surface area contributed by atoms with E-state index >= 15 is 0 Å². The molecular formula is C24H25N3O3. The smallest absolute Gasteiger partial charge is 0.341 e. The van der Waals surface area contributed by atoms with Gasteiger partial charge in [-0.1, -0.05) is 36.4 Å². The van der Waals surface area contributed by atoms with Crippen LogP contribution in [0.2, 0.25) is 0 Å². The summed E-state index contributed by atoms with van der Waals surface area (Å²) in [6.07, 6.45) is 7.71. The lowest BCUT2D eigenvalue weighted by Crippen LogP contribution is -2.31. The Morgan fingerprint density at radius 1 is 1.10 bits per heavy atom. The van der Waals surface area contributed by atoms with Gasteiger partial charge in [-0.2, -0.15) is 5.10 Å². The maximum Gasteiger partial charge on any atom is 0.341 e. The molecule has 0 bridgehead atoms. The Labute approximate surface area is 175 Å². The summed E-state index contributed by atoms with van der Waals surface area (Å²) in [6, 6.07) is 15.7. The molecule has 0 unspecified atom stereocenters. The number of aryl methyl sites for hydroxylation is 2. The van der Waals surface area contributed by atoms with Crippen molar-refractivity contribution >= 4 is 11.9 Å². The highest BCUT2D eigenvalue weighted by atomic mass is 16.5. The summed E-state index contributed by atoms with van der Waals surface area (Å²) in [6.45, 7) is 1.61. The summed E-state index contributed by atoms with van der Waals surface area (Å²) >= 11 is 0. The molecule has 154 valence electrons. The molecule has 1 heterocycles. The number of carbonyl (C=O) groups is 2. The third kappa shape index (κ3) is 4.59. The number of rotatable bonds is 6. The van der Waals surface area contributed by atoms with E-state index in [-0.39, 0.29) is 18.6 Å². The number of benzene rings is 2. The standard InChI is InChI=1S/C24H25N3O3/c1-17(19-12-11-18-7-5-6-8-20(18)13-19)26-23(28)16-30-24(29)21-14-25-27(15-21)22-9-3-2-4-10-22/h2-4,9-15,17H,5-8,16H2,1H3,(H,26,28)/t17-/m0/s1. The molecule has 0 aliphatic heterocycles. The van der Waals surface area contributed by atoms with Crippen molar-refractivity contribution in [1.82, 2.24) is 15.1 Å². The summed E-state index contributed by atoms with van der Waals surface area (Å²) in [7, 11) is 0. The summed E-state index contributed by atoms with van der Waals surface area (Å²) < 4.78 is 6.75. The molecule has 0 spiro atoms. The van der Waals surface area contributed by atoms with Gasteiger partial charge in [-0.3, -0.25) is 4.79 Å². The topological polar surface area (TPSA) is 73.2 Å². The molecule has 30 heavy (non-hydrogen) atoms. The Kier molecular flexibility index (Phi) is 5.93. The molecule has 2 aromatic carbocycles. The molecule has 3 aromatic rings. The first-order valence-corrected chi connectivity index (χ1v) is 10.3. The van der Waals surface area contributed by atoms with Crippen LogP contribution in [-0.2, 0) is 22.4 Å². The van der Waals surface area contributed by atoms with Crippen molar-refractivity contribution in [3.05, 3.63) is 83.2 Å². The molecule has 1 atom stereocenters. The molecule has 1 N–H and O–H groups in total. The lowest BCUT2D eigenvalue weighted by molar-refractivity contribution is -0.124. The van der Waals surface area contributed by atoms with E-state index in [2.05, 4.69) is 28.6 Å². The molecule has 1 aromatic heterocycles. The maximum absolute atomic E-state index is 12.3. The van der Waals surface area contributed by atoms with Gasteiger partial charge in [0.15, 0.2) is 6.61 Å². The molecule has 0 saturated heterocycles. The van der Waals surface area contributed by atoms with Gasteiger partial charge in [-0.05, 0) is 61.4 Å². The zero-order valence-corrected chi connectivity index (χ0v) is 17.0. The van der Waals surface area contributed by atoms with Crippen LogP contribution in [0.15, 0.2) is 60.9 Å². The predicted octanol–water partition coefficient (Wildman–Crippen LogP) is 3.79. The van der Waals surface area contributed by atoms with E-state index in [1.165, 1.54) is 30.2 Å². The molecule has 0 saturated carbocycles. The van der Waals surface area contributed by atoms with Gasteiger partial charge in [-0.15, -0.1) is 0 Å². The second-order valence-corrected chi connectivity index (χ2v) is 7.61. The number of nitrogens with one attached hydrogen (secondary N) is 1. The number of nitrogens with zero attached hydrogens (tertiary/aromatic N) is 2.